The molecule has 5 heteroatoms. The van der Waals surface area contributed by atoms with Crippen LogP contribution in [0.3, 0.4) is 0 Å². The van der Waals surface area contributed by atoms with Gasteiger partial charge in [0.05, 0.1) is 6.54 Å². The molecule has 4 nitrogen and oxygen atoms in total. The van der Waals surface area contributed by atoms with E-state index in [0.717, 1.165) is 38.9 Å². The Morgan fingerprint density at radius 2 is 1.90 bits per heavy atom. The van der Waals surface area contributed by atoms with E-state index in [1.807, 2.05) is 0 Å². The van der Waals surface area contributed by atoms with Crippen LogP contribution < -0.4 is 5.32 Å². The highest BCUT2D eigenvalue weighted by Gasteiger charge is 2.42. The van der Waals surface area contributed by atoms with Gasteiger partial charge in [0, 0.05) is 32.5 Å². The van der Waals surface area contributed by atoms with Crippen LogP contribution in [-0.2, 0) is 11.2 Å². The van der Waals surface area contributed by atoms with Gasteiger partial charge in [0.25, 0.3) is 0 Å². The molecule has 0 saturated carbocycles. The maximum absolute atomic E-state index is 11.2. The molecule has 1 aromatic carbocycles. The Hall–Kier alpha value is -1.33. The molecule has 2 aliphatic rings. The largest absolute Gasteiger partial charge is 0.441 e. The number of ether oxygens (including phenoxy) is 1. The predicted molar refractivity (Wildman–Crippen MR) is 84.4 cm³/mol. The van der Waals surface area contributed by atoms with E-state index in [9.17, 15) is 4.79 Å². The average Bonchev–Trinajstić information content (AvgIpc) is 2.81. The summed E-state index contributed by atoms with van der Waals surface area (Å²) in [6, 6.07) is 10.6. The van der Waals surface area contributed by atoms with Crippen LogP contribution in [0.2, 0.25) is 0 Å². The van der Waals surface area contributed by atoms with Crippen molar-refractivity contribution in [2.75, 3.05) is 26.2 Å². The molecule has 0 atom stereocenters. The molecule has 0 unspecified atom stereocenters. The third kappa shape index (κ3) is 3.40. The lowest BCUT2D eigenvalue weighted by Gasteiger charge is -2.37. The smallest absolute Gasteiger partial charge is 0.407 e. The van der Waals surface area contributed by atoms with Crippen molar-refractivity contribution < 1.29 is 9.53 Å². The molecule has 2 saturated heterocycles. The maximum atomic E-state index is 11.2. The van der Waals surface area contributed by atoms with Crippen LogP contribution in [-0.4, -0.2) is 53.7 Å². The van der Waals surface area contributed by atoms with Crippen molar-refractivity contribution in [2.24, 2.45) is 0 Å². The van der Waals surface area contributed by atoms with Crippen molar-refractivity contribution in [1.29, 1.82) is 0 Å². The zero-order chi connectivity index (χ0) is 13.1. The molecule has 1 spiro atoms. The Labute approximate surface area is 124 Å². The molecule has 2 aliphatic heterocycles. The molecule has 0 radical (unpaired) electrons. The van der Waals surface area contributed by atoms with Crippen molar-refractivity contribution in [3.63, 3.8) is 0 Å². The van der Waals surface area contributed by atoms with Gasteiger partial charge < -0.3 is 15.0 Å². The Bertz CT molecular complexity index is 444. The quantitative estimate of drug-likeness (QED) is 0.818. The van der Waals surface area contributed by atoms with Crippen LogP contribution in [0.25, 0.3) is 0 Å². The van der Waals surface area contributed by atoms with E-state index in [1.54, 1.807) is 0 Å². The fourth-order valence-corrected chi connectivity index (χ4v) is 2.90. The number of hydrogen-bond donors (Lipinski definition) is 1. The predicted octanol–water partition coefficient (Wildman–Crippen LogP) is 0.352. The topological polar surface area (TPSA) is 41.6 Å². The number of likely N-dealkylation sites (tertiary alicyclic amines) is 1. The minimum absolute atomic E-state index is 0. The summed E-state index contributed by atoms with van der Waals surface area (Å²) >= 11 is 0. The van der Waals surface area contributed by atoms with Crippen molar-refractivity contribution in [2.45, 2.75) is 24.9 Å². The van der Waals surface area contributed by atoms with Gasteiger partial charge in [0.2, 0.25) is 0 Å². The molecule has 0 aliphatic carbocycles. The second-order valence-electron chi connectivity index (χ2n) is 5.50. The zero-order valence-electron chi connectivity index (χ0n) is 11.1. The van der Waals surface area contributed by atoms with Crippen molar-refractivity contribution >= 4 is 17.1 Å². The number of rotatable bonds is 3. The van der Waals surface area contributed by atoms with Crippen molar-refractivity contribution in [1.82, 2.24) is 10.2 Å². The summed E-state index contributed by atoms with van der Waals surface area (Å²) in [5, 5.41) is 2.77. The molecular weight excluding hydrogens is 268 g/mol. The number of amides is 1. The Balaban J connectivity index is 0.00000147. The Morgan fingerprint density at radius 3 is 2.50 bits per heavy atom. The first-order valence-corrected chi connectivity index (χ1v) is 6.99. The molecule has 1 N–H and O–H groups in total. The van der Waals surface area contributed by atoms with E-state index < -0.39 is 0 Å². The Kier molecular flexibility index (Phi) is 4.83. The zero-order valence-corrected chi connectivity index (χ0v) is 11.1. The lowest BCUT2D eigenvalue weighted by Crippen LogP contribution is -2.47. The molecule has 110 valence electrons. The molecule has 0 aromatic heterocycles. The lowest BCUT2D eigenvalue weighted by atomic mass is 9.91. The standard InChI is InChI=1S/C15H20N2O2.H4Si/c18-14-16-12-15(19-14)7-10-17(11-8-15)9-6-13-4-2-1-3-5-13;/h1-5H,6-12H2,(H,16,18);1H4. The lowest BCUT2D eigenvalue weighted by molar-refractivity contribution is 0.00123. The molecule has 20 heavy (non-hydrogen) atoms. The van der Waals surface area contributed by atoms with Crippen molar-refractivity contribution in [3.8, 4) is 0 Å². The number of carbonyl (C=O) groups excluding carboxylic acids is 1. The molecular formula is C15H24N2O2Si. The number of alkyl carbamates (subject to hydrolysis) is 1. The molecule has 2 fully saturated rings. The number of carbonyl (C=O) groups is 1. The fourth-order valence-electron chi connectivity index (χ4n) is 2.90. The van der Waals surface area contributed by atoms with E-state index in [1.165, 1.54) is 5.56 Å². The summed E-state index contributed by atoms with van der Waals surface area (Å²) in [6.45, 7) is 3.80. The monoisotopic (exact) mass is 292 g/mol. The van der Waals surface area contributed by atoms with Gasteiger partial charge in [-0.25, -0.2) is 4.79 Å². The van der Waals surface area contributed by atoms with Gasteiger partial charge in [-0.3, -0.25) is 0 Å². The second kappa shape index (κ2) is 6.41. The SMILES string of the molecule is O=C1NCC2(CCN(CCc3ccccc3)CC2)O1.[SiH4]. The van der Waals surface area contributed by atoms with Gasteiger partial charge in [-0.1, -0.05) is 30.3 Å². The third-order valence-corrected chi connectivity index (χ3v) is 4.19. The van der Waals surface area contributed by atoms with Gasteiger partial charge in [-0.05, 0) is 22.9 Å². The van der Waals surface area contributed by atoms with Gasteiger partial charge in [0.1, 0.15) is 5.60 Å². The normalized spacial score (nSPS) is 21.1. The summed E-state index contributed by atoms with van der Waals surface area (Å²) in [5.74, 6) is 0. The van der Waals surface area contributed by atoms with Crippen LogP contribution in [0.4, 0.5) is 4.79 Å². The number of nitrogens with zero attached hydrogens (tertiary/aromatic N) is 1. The van der Waals surface area contributed by atoms with Crippen molar-refractivity contribution in [3.05, 3.63) is 35.9 Å². The van der Waals surface area contributed by atoms with Gasteiger partial charge in [0.15, 0.2) is 0 Å². The highest BCUT2D eigenvalue weighted by Crippen LogP contribution is 2.29. The summed E-state index contributed by atoms with van der Waals surface area (Å²) in [7, 11) is 0. The summed E-state index contributed by atoms with van der Waals surface area (Å²) in [5.41, 5.74) is 1.16. The first-order valence-electron chi connectivity index (χ1n) is 6.99. The number of nitrogens with one attached hydrogen (secondary N) is 1. The van der Waals surface area contributed by atoms with E-state index in [2.05, 4.69) is 40.5 Å². The van der Waals surface area contributed by atoms with E-state index >= 15 is 0 Å². The highest BCUT2D eigenvalue weighted by atomic mass is 28.1. The third-order valence-electron chi connectivity index (χ3n) is 4.19. The number of piperidine rings is 1. The molecule has 0 bridgehead atoms. The Morgan fingerprint density at radius 1 is 1.20 bits per heavy atom. The summed E-state index contributed by atoms with van der Waals surface area (Å²) in [6.07, 6.45) is 2.73. The first kappa shape index (κ1) is 15.1. The van der Waals surface area contributed by atoms with Crippen LogP contribution in [0.1, 0.15) is 18.4 Å². The fraction of sp³-hybridized carbons (Fsp3) is 0.533. The maximum Gasteiger partial charge on any atom is 0.407 e. The van der Waals surface area contributed by atoms with Crippen LogP contribution >= 0.6 is 0 Å². The minimum atomic E-state index is -0.252. The molecule has 3 rings (SSSR count). The van der Waals surface area contributed by atoms with Crippen LogP contribution in [0.5, 0.6) is 0 Å². The molecule has 1 aromatic rings. The summed E-state index contributed by atoms with van der Waals surface area (Å²) in [4.78, 5) is 13.6. The second-order valence-corrected chi connectivity index (χ2v) is 5.50. The van der Waals surface area contributed by atoms with E-state index in [-0.39, 0.29) is 22.7 Å². The minimum Gasteiger partial charge on any atom is -0.441 e. The average molecular weight is 292 g/mol. The van der Waals surface area contributed by atoms with Crippen LogP contribution in [0.15, 0.2) is 30.3 Å². The van der Waals surface area contributed by atoms with E-state index in [0.29, 0.717) is 6.54 Å². The van der Waals surface area contributed by atoms with Crippen LogP contribution in [0, 0.1) is 0 Å². The number of hydrogen-bond acceptors (Lipinski definition) is 3. The molecule has 2 heterocycles. The van der Waals surface area contributed by atoms with Gasteiger partial charge >= 0.3 is 6.09 Å². The van der Waals surface area contributed by atoms with Gasteiger partial charge in [-0.15, -0.1) is 0 Å². The first-order chi connectivity index (χ1) is 9.26. The number of benzene rings is 1. The van der Waals surface area contributed by atoms with E-state index in [4.69, 9.17) is 4.74 Å². The molecule has 1 amide bonds. The summed E-state index contributed by atoms with van der Waals surface area (Å²) < 4.78 is 5.42. The highest BCUT2D eigenvalue weighted by molar-refractivity contribution is 5.75. The van der Waals surface area contributed by atoms with Gasteiger partial charge in [-0.2, -0.15) is 0 Å².